The van der Waals surface area contributed by atoms with Crippen LogP contribution in [0.3, 0.4) is 0 Å². The number of rotatable bonds is 4. The van der Waals surface area contributed by atoms with Gasteiger partial charge in [-0.3, -0.25) is 4.79 Å². The number of aromatic amines is 1. The number of H-pyrrole nitrogens is 1. The molecule has 31 heavy (non-hydrogen) atoms. The summed E-state index contributed by atoms with van der Waals surface area (Å²) in [6.07, 6.45) is 1.91. The van der Waals surface area contributed by atoms with Gasteiger partial charge >= 0.3 is 0 Å². The fraction of sp³-hybridized carbons (Fsp3) is 0. The molecule has 0 bridgehead atoms. The summed E-state index contributed by atoms with van der Waals surface area (Å²) in [5, 5.41) is 4.91. The molecule has 0 radical (unpaired) electrons. The molecule has 1 amide bonds. The Morgan fingerprint density at radius 2 is 1.77 bits per heavy atom. The Balaban J connectivity index is 1.59. The fourth-order valence-electron chi connectivity index (χ4n) is 3.74. The molecule has 0 unspecified atom stereocenters. The first-order valence-electron chi connectivity index (χ1n) is 9.92. The third kappa shape index (κ3) is 3.42. The van der Waals surface area contributed by atoms with E-state index in [1.165, 1.54) is 0 Å². The van der Waals surface area contributed by atoms with Gasteiger partial charge in [0.1, 0.15) is 5.69 Å². The Labute approximate surface area is 179 Å². The summed E-state index contributed by atoms with van der Waals surface area (Å²) < 4.78 is 0. The number of nitrogens with one attached hydrogen (secondary N) is 2. The highest BCUT2D eigenvalue weighted by Gasteiger charge is 2.16. The lowest BCUT2D eigenvalue weighted by Crippen LogP contribution is -2.15. The Hall–Kier alpha value is -4.38. The van der Waals surface area contributed by atoms with Crippen molar-refractivity contribution in [2.75, 3.05) is 11.1 Å². The minimum absolute atomic E-state index is 0.306. The first-order chi connectivity index (χ1) is 15.1. The van der Waals surface area contributed by atoms with Gasteiger partial charge in [0.05, 0.1) is 16.9 Å². The molecule has 0 aliphatic heterocycles. The highest BCUT2D eigenvalue weighted by Crippen LogP contribution is 2.31. The van der Waals surface area contributed by atoms with Gasteiger partial charge in [-0.25, -0.2) is 4.98 Å². The number of nitrogens with zero attached hydrogens (tertiary/aromatic N) is 1. The summed E-state index contributed by atoms with van der Waals surface area (Å²) in [5.74, 6) is -0.321. The lowest BCUT2D eigenvalue weighted by Gasteiger charge is -2.13. The maximum Gasteiger partial charge on any atom is 0.274 e. The smallest absolute Gasteiger partial charge is 0.274 e. The van der Waals surface area contributed by atoms with Crippen molar-refractivity contribution in [2.45, 2.75) is 0 Å². The molecule has 0 atom stereocenters. The van der Waals surface area contributed by atoms with E-state index < -0.39 is 0 Å². The molecule has 5 heteroatoms. The Morgan fingerprint density at radius 3 is 2.65 bits per heavy atom. The van der Waals surface area contributed by atoms with E-state index in [0.717, 1.165) is 38.5 Å². The average Bonchev–Trinajstić information content (AvgIpc) is 3.27. The molecule has 150 valence electrons. The zero-order valence-corrected chi connectivity index (χ0v) is 16.7. The number of nitrogen functional groups attached to an aromatic ring is 1. The molecule has 0 fully saturated rings. The third-order valence-electron chi connectivity index (χ3n) is 5.38. The van der Waals surface area contributed by atoms with Crippen LogP contribution < -0.4 is 11.1 Å². The van der Waals surface area contributed by atoms with Crippen LogP contribution >= 0.6 is 0 Å². The van der Waals surface area contributed by atoms with E-state index in [4.69, 9.17) is 5.73 Å². The maximum atomic E-state index is 13.0. The quantitative estimate of drug-likeness (QED) is 0.340. The number of aromatic nitrogens is 2. The number of para-hydroxylation sites is 3. The number of anilines is 2. The normalized spacial score (nSPS) is 11.0. The van der Waals surface area contributed by atoms with Gasteiger partial charge in [-0.05, 0) is 64.6 Å². The van der Waals surface area contributed by atoms with Gasteiger partial charge in [0.15, 0.2) is 0 Å². The van der Waals surface area contributed by atoms with E-state index in [-0.39, 0.29) is 5.91 Å². The zero-order valence-electron chi connectivity index (χ0n) is 16.7. The topological polar surface area (TPSA) is 83.8 Å². The molecular formula is C26H20N4O. The summed E-state index contributed by atoms with van der Waals surface area (Å²) >= 11 is 0. The summed E-state index contributed by atoms with van der Waals surface area (Å²) in [4.78, 5) is 20.8. The van der Waals surface area contributed by atoms with Crippen LogP contribution in [-0.4, -0.2) is 15.9 Å². The van der Waals surface area contributed by atoms with Gasteiger partial charge in [0, 0.05) is 17.1 Å². The number of fused-ring (bicyclic) bond motifs is 2. The summed E-state index contributed by atoms with van der Waals surface area (Å²) in [6, 6.07) is 24.9. The number of hydrogen-bond acceptors (Lipinski definition) is 3. The van der Waals surface area contributed by atoms with Crippen LogP contribution in [0.15, 0.2) is 91.6 Å². The second-order valence-electron chi connectivity index (χ2n) is 7.37. The van der Waals surface area contributed by atoms with Gasteiger partial charge < -0.3 is 16.0 Å². The number of hydrogen-bond donors (Lipinski definition) is 3. The highest BCUT2D eigenvalue weighted by molar-refractivity contribution is 6.07. The molecule has 0 aliphatic carbocycles. The predicted octanol–water partition coefficient (Wildman–Crippen LogP) is 5.61. The maximum absolute atomic E-state index is 13.0. The van der Waals surface area contributed by atoms with Crippen LogP contribution in [0, 0.1) is 0 Å². The second kappa shape index (κ2) is 7.46. The molecule has 0 spiro atoms. The largest absolute Gasteiger partial charge is 0.397 e. The highest BCUT2D eigenvalue weighted by atomic mass is 16.1. The van der Waals surface area contributed by atoms with Crippen molar-refractivity contribution in [1.82, 2.24) is 9.97 Å². The minimum atomic E-state index is -0.321. The first kappa shape index (κ1) is 18.6. The van der Waals surface area contributed by atoms with E-state index in [0.29, 0.717) is 17.1 Å². The van der Waals surface area contributed by atoms with Gasteiger partial charge in [-0.1, -0.05) is 43.0 Å². The molecular weight excluding hydrogens is 384 g/mol. The number of pyridine rings is 1. The van der Waals surface area contributed by atoms with Crippen LogP contribution in [0.2, 0.25) is 0 Å². The van der Waals surface area contributed by atoms with Gasteiger partial charge in [-0.2, -0.15) is 0 Å². The lowest BCUT2D eigenvalue weighted by atomic mass is 9.95. The monoisotopic (exact) mass is 404 g/mol. The molecule has 2 aromatic heterocycles. The minimum Gasteiger partial charge on any atom is -0.397 e. The molecule has 5 aromatic rings. The molecule has 5 rings (SSSR count). The van der Waals surface area contributed by atoms with Crippen molar-refractivity contribution in [3.8, 4) is 0 Å². The molecule has 5 nitrogen and oxygen atoms in total. The Kier molecular flexibility index (Phi) is 4.49. The van der Waals surface area contributed by atoms with Gasteiger partial charge in [-0.15, -0.1) is 0 Å². The molecule has 0 aliphatic rings. The first-order valence-corrected chi connectivity index (χ1v) is 9.92. The van der Waals surface area contributed by atoms with Crippen LogP contribution in [-0.2, 0) is 0 Å². The summed E-state index contributed by atoms with van der Waals surface area (Å²) in [6.45, 7) is 4.35. The van der Waals surface area contributed by atoms with Crippen molar-refractivity contribution in [3.05, 3.63) is 108 Å². The van der Waals surface area contributed by atoms with Crippen molar-refractivity contribution >= 4 is 44.7 Å². The third-order valence-corrected chi connectivity index (χ3v) is 5.38. The molecule has 4 N–H and O–H groups in total. The number of benzene rings is 3. The van der Waals surface area contributed by atoms with E-state index >= 15 is 0 Å². The molecule has 0 saturated heterocycles. The predicted molar refractivity (Wildman–Crippen MR) is 127 cm³/mol. The second-order valence-corrected chi connectivity index (χ2v) is 7.37. The molecule has 0 saturated carbocycles. The fourth-order valence-corrected chi connectivity index (χ4v) is 3.74. The van der Waals surface area contributed by atoms with Crippen LogP contribution in [0.1, 0.15) is 21.6 Å². The lowest BCUT2D eigenvalue weighted by molar-refractivity contribution is 0.102. The van der Waals surface area contributed by atoms with E-state index in [1.54, 1.807) is 18.2 Å². The van der Waals surface area contributed by atoms with Crippen molar-refractivity contribution in [2.24, 2.45) is 0 Å². The van der Waals surface area contributed by atoms with Crippen molar-refractivity contribution < 1.29 is 4.79 Å². The van der Waals surface area contributed by atoms with E-state index in [2.05, 4.69) is 27.9 Å². The number of nitrogens with two attached hydrogens (primary N) is 1. The van der Waals surface area contributed by atoms with Crippen molar-refractivity contribution in [3.63, 3.8) is 0 Å². The Bertz CT molecular complexity index is 1470. The number of carbonyl (C=O) groups excluding carboxylic acids is 1. The van der Waals surface area contributed by atoms with Gasteiger partial charge in [0.25, 0.3) is 5.91 Å². The SMILES string of the molecule is C=C(c1ccc2[nH]ccc2c1)c1cc(C(=O)Nc2ccccc2N)nc2ccccc12. The van der Waals surface area contributed by atoms with E-state index in [1.807, 2.05) is 60.8 Å². The standard InChI is InChI=1S/C26H20N4O/c1-16(17-10-11-22-18(14-17)12-13-28-22)20-15-25(29-23-8-4-2-6-19(20)23)26(31)30-24-9-5-3-7-21(24)27/h2-15,28H,1,27H2,(H,30,31). The molecule has 2 heterocycles. The average molecular weight is 404 g/mol. The number of carbonyl (C=O) groups is 1. The van der Waals surface area contributed by atoms with Gasteiger partial charge in [0.2, 0.25) is 0 Å². The summed E-state index contributed by atoms with van der Waals surface area (Å²) in [7, 11) is 0. The number of amides is 1. The van der Waals surface area contributed by atoms with Crippen molar-refractivity contribution in [1.29, 1.82) is 0 Å². The van der Waals surface area contributed by atoms with Crippen LogP contribution in [0.25, 0.3) is 27.4 Å². The van der Waals surface area contributed by atoms with Crippen LogP contribution in [0.4, 0.5) is 11.4 Å². The van der Waals surface area contributed by atoms with E-state index in [9.17, 15) is 4.79 Å². The zero-order chi connectivity index (χ0) is 21.4. The summed E-state index contributed by atoms with van der Waals surface area (Å²) in [5.41, 5.74) is 11.8. The molecule has 3 aromatic carbocycles. The van der Waals surface area contributed by atoms with Crippen LogP contribution in [0.5, 0.6) is 0 Å². The Morgan fingerprint density at radius 1 is 0.968 bits per heavy atom.